The number of aryl methyl sites for hydroxylation is 1. The lowest BCUT2D eigenvalue weighted by Gasteiger charge is -2.10. The van der Waals surface area contributed by atoms with Crippen molar-refractivity contribution in [1.29, 1.82) is 0 Å². The average molecular weight is 333 g/mol. The van der Waals surface area contributed by atoms with Crippen LogP contribution in [0.1, 0.15) is 5.56 Å². The molecule has 4 heteroatoms. The standard InChI is InChI=1S/C19H12ClF3/c1-11-10-12(6-9-16(11)20)13-7-8-15(19(23)18(13)22)14-4-2-3-5-17(14)21/h2-10H,1H3. The first kappa shape index (κ1) is 15.6. The monoisotopic (exact) mass is 332 g/mol. The van der Waals surface area contributed by atoms with Gasteiger partial charge >= 0.3 is 0 Å². The molecule has 0 fully saturated rings. The smallest absolute Gasteiger partial charge is 0.167 e. The molecule has 0 spiro atoms. The van der Waals surface area contributed by atoms with Gasteiger partial charge < -0.3 is 0 Å². The van der Waals surface area contributed by atoms with Crippen molar-refractivity contribution in [3.8, 4) is 22.3 Å². The van der Waals surface area contributed by atoms with Crippen LogP contribution in [0.15, 0.2) is 54.6 Å². The molecule has 0 unspecified atom stereocenters. The van der Waals surface area contributed by atoms with Crippen molar-refractivity contribution in [3.63, 3.8) is 0 Å². The lowest BCUT2D eigenvalue weighted by atomic mass is 9.97. The number of hydrogen-bond acceptors (Lipinski definition) is 0. The molecule has 3 aromatic carbocycles. The van der Waals surface area contributed by atoms with Crippen molar-refractivity contribution in [3.05, 3.63) is 82.6 Å². The molecule has 0 amide bonds. The fraction of sp³-hybridized carbons (Fsp3) is 0.0526. The number of rotatable bonds is 2. The van der Waals surface area contributed by atoms with Crippen LogP contribution in [0.5, 0.6) is 0 Å². The SMILES string of the molecule is Cc1cc(-c2ccc(-c3ccccc3F)c(F)c2F)ccc1Cl. The van der Waals surface area contributed by atoms with Gasteiger partial charge in [0.25, 0.3) is 0 Å². The summed E-state index contributed by atoms with van der Waals surface area (Å²) in [5.74, 6) is -2.67. The Balaban J connectivity index is 2.15. The molecule has 0 N–H and O–H groups in total. The molecule has 23 heavy (non-hydrogen) atoms. The van der Waals surface area contributed by atoms with E-state index in [0.717, 1.165) is 5.56 Å². The fourth-order valence-corrected chi connectivity index (χ4v) is 2.59. The Labute approximate surface area is 137 Å². The van der Waals surface area contributed by atoms with Crippen molar-refractivity contribution in [2.24, 2.45) is 0 Å². The van der Waals surface area contributed by atoms with Crippen molar-refractivity contribution in [1.82, 2.24) is 0 Å². The van der Waals surface area contributed by atoms with E-state index in [2.05, 4.69) is 0 Å². The lowest BCUT2D eigenvalue weighted by molar-refractivity contribution is 0.513. The zero-order chi connectivity index (χ0) is 16.6. The molecule has 0 aliphatic carbocycles. The van der Waals surface area contributed by atoms with Crippen LogP contribution in [-0.4, -0.2) is 0 Å². The molecular weight excluding hydrogens is 321 g/mol. The Morgan fingerprint density at radius 2 is 1.39 bits per heavy atom. The molecule has 3 aromatic rings. The Morgan fingerprint density at radius 1 is 0.739 bits per heavy atom. The van der Waals surface area contributed by atoms with E-state index in [-0.39, 0.29) is 16.7 Å². The molecule has 116 valence electrons. The first-order chi connectivity index (χ1) is 11.0. The van der Waals surface area contributed by atoms with Crippen LogP contribution in [0.3, 0.4) is 0 Å². The maximum absolute atomic E-state index is 14.5. The number of halogens is 4. The van der Waals surface area contributed by atoms with Crippen LogP contribution in [-0.2, 0) is 0 Å². The third-order valence-electron chi connectivity index (χ3n) is 3.72. The van der Waals surface area contributed by atoms with Crippen LogP contribution in [0.25, 0.3) is 22.3 Å². The maximum atomic E-state index is 14.5. The normalized spacial score (nSPS) is 10.8. The van der Waals surface area contributed by atoms with Crippen LogP contribution in [0.4, 0.5) is 13.2 Å². The Kier molecular flexibility index (Phi) is 4.14. The molecule has 0 aromatic heterocycles. The van der Waals surface area contributed by atoms with Gasteiger partial charge in [-0.15, -0.1) is 0 Å². The molecular formula is C19H12ClF3. The summed E-state index contributed by atoms with van der Waals surface area (Å²) in [5.41, 5.74) is 1.32. The minimum absolute atomic E-state index is 0.0303. The highest BCUT2D eigenvalue weighted by molar-refractivity contribution is 6.31. The van der Waals surface area contributed by atoms with Crippen molar-refractivity contribution in [2.45, 2.75) is 6.92 Å². The molecule has 0 aliphatic rings. The molecule has 0 nitrogen and oxygen atoms in total. The van der Waals surface area contributed by atoms with Crippen molar-refractivity contribution >= 4 is 11.6 Å². The van der Waals surface area contributed by atoms with E-state index in [1.54, 1.807) is 31.2 Å². The van der Waals surface area contributed by atoms with Crippen LogP contribution < -0.4 is 0 Å². The summed E-state index contributed by atoms with van der Waals surface area (Å²) >= 11 is 5.95. The van der Waals surface area contributed by atoms with Crippen LogP contribution in [0.2, 0.25) is 5.02 Å². The summed E-state index contributed by atoms with van der Waals surface area (Å²) in [4.78, 5) is 0. The Bertz CT molecular complexity index is 888. The highest BCUT2D eigenvalue weighted by atomic mass is 35.5. The van der Waals surface area contributed by atoms with Gasteiger partial charge in [0.2, 0.25) is 0 Å². The molecule has 0 bridgehead atoms. The summed E-state index contributed by atoms with van der Waals surface area (Å²) in [7, 11) is 0. The van der Waals surface area contributed by atoms with Gasteiger partial charge in [0.1, 0.15) is 5.82 Å². The first-order valence-corrected chi connectivity index (χ1v) is 7.36. The van der Waals surface area contributed by atoms with E-state index in [4.69, 9.17) is 11.6 Å². The predicted octanol–water partition coefficient (Wildman–Crippen LogP) is 6.40. The first-order valence-electron chi connectivity index (χ1n) is 6.98. The Hall–Kier alpha value is -2.26. The van der Waals surface area contributed by atoms with Gasteiger partial charge in [-0.05, 0) is 36.2 Å². The van der Waals surface area contributed by atoms with E-state index in [1.165, 1.54) is 30.3 Å². The van der Waals surface area contributed by atoms with E-state index in [0.29, 0.717) is 10.6 Å². The van der Waals surface area contributed by atoms with Crippen LogP contribution in [0, 0.1) is 24.4 Å². The van der Waals surface area contributed by atoms with Gasteiger partial charge in [0, 0.05) is 21.7 Å². The van der Waals surface area contributed by atoms with Gasteiger partial charge in [-0.3, -0.25) is 0 Å². The number of hydrogen-bond donors (Lipinski definition) is 0. The summed E-state index contributed by atoms with van der Waals surface area (Å²) in [6.07, 6.45) is 0. The van der Waals surface area contributed by atoms with E-state index < -0.39 is 17.5 Å². The molecule has 3 rings (SSSR count). The minimum Gasteiger partial charge on any atom is -0.206 e. The van der Waals surface area contributed by atoms with Gasteiger partial charge in [-0.2, -0.15) is 0 Å². The predicted molar refractivity (Wildman–Crippen MR) is 86.9 cm³/mol. The number of benzene rings is 3. The molecule has 0 heterocycles. The fourth-order valence-electron chi connectivity index (χ4n) is 2.47. The molecule has 0 saturated heterocycles. The van der Waals surface area contributed by atoms with E-state index in [9.17, 15) is 13.2 Å². The molecule has 0 radical (unpaired) electrons. The summed E-state index contributed by atoms with van der Waals surface area (Å²) in [6.45, 7) is 1.79. The second kappa shape index (κ2) is 6.09. The van der Waals surface area contributed by atoms with Gasteiger partial charge in [-0.25, -0.2) is 13.2 Å². The van der Waals surface area contributed by atoms with Gasteiger partial charge in [0.15, 0.2) is 11.6 Å². The molecule has 0 saturated carbocycles. The summed E-state index contributed by atoms with van der Waals surface area (Å²) < 4.78 is 42.7. The second-order valence-corrected chi connectivity index (χ2v) is 5.64. The topological polar surface area (TPSA) is 0 Å². The minimum atomic E-state index is -1.07. The quantitative estimate of drug-likeness (QED) is 0.509. The Morgan fingerprint density at radius 3 is 2.09 bits per heavy atom. The average Bonchev–Trinajstić information content (AvgIpc) is 2.54. The lowest BCUT2D eigenvalue weighted by Crippen LogP contribution is -1.95. The zero-order valence-corrected chi connectivity index (χ0v) is 13.0. The zero-order valence-electron chi connectivity index (χ0n) is 12.2. The van der Waals surface area contributed by atoms with Crippen molar-refractivity contribution < 1.29 is 13.2 Å². The second-order valence-electron chi connectivity index (χ2n) is 5.23. The third kappa shape index (κ3) is 2.84. The molecule has 0 aliphatic heterocycles. The van der Waals surface area contributed by atoms with Gasteiger partial charge in [-0.1, -0.05) is 48.0 Å². The largest absolute Gasteiger partial charge is 0.206 e. The van der Waals surface area contributed by atoms with Crippen LogP contribution >= 0.6 is 11.6 Å². The highest BCUT2D eigenvalue weighted by Gasteiger charge is 2.18. The van der Waals surface area contributed by atoms with E-state index in [1.807, 2.05) is 0 Å². The third-order valence-corrected chi connectivity index (χ3v) is 4.14. The highest BCUT2D eigenvalue weighted by Crippen LogP contribution is 2.33. The summed E-state index contributed by atoms with van der Waals surface area (Å²) in [5, 5.41) is 0.553. The van der Waals surface area contributed by atoms with Crippen molar-refractivity contribution in [2.75, 3.05) is 0 Å². The summed E-state index contributed by atoms with van der Waals surface area (Å²) in [6, 6.07) is 13.5. The van der Waals surface area contributed by atoms with Gasteiger partial charge in [0.05, 0.1) is 0 Å². The molecule has 0 atom stereocenters. The maximum Gasteiger partial charge on any atom is 0.167 e. The van der Waals surface area contributed by atoms with E-state index >= 15 is 0 Å².